The lowest BCUT2D eigenvalue weighted by Gasteiger charge is -2.36. The number of likely N-dealkylation sites (N-methyl/N-ethyl adjacent to an activating group) is 1. The minimum Gasteiger partial charge on any atom is -0.304 e. The van der Waals surface area contributed by atoms with E-state index in [0.29, 0.717) is 12.2 Å². The number of likely N-dealkylation sites (tertiary alicyclic amines) is 1. The van der Waals surface area contributed by atoms with Gasteiger partial charge in [0.15, 0.2) is 0 Å². The summed E-state index contributed by atoms with van der Waals surface area (Å²) in [6.45, 7) is 1.67. The van der Waals surface area contributed by atoms with Crippen molar-refractivity contribution in [1.29, 1.82) is 0 Å². The maximum atomic E-state index is 11.8. The van der Waals surface area contributed by atoms with E-state index in [0.717, 1.165) is 19.4 Å². The topological polar surface area (TPSA) is 84.5 Å². The summed E-state index contributed by atoms with van der Waals surface area (Å²) in [5.41, 5.74) is 0.528. The largest absolute Gasteiger partial charge is 0.304 e. The van der Waals surface area contributed by atoms with Crippen molar-refractivity contribution in [2.45, 2.75) is 18.9 Å². The molecule has 0 aliphatic carbocycles. The van der Waals surface area contributed by atoms with Crippen LogP contribution in [-0.2, 0) is 17.3 Å². The molecular formula is C10H19N5O2S. The van der Waals surface area contributed by atoms with E-state index in [2.05, 4.69) is 10.00 Å². The van der Waals surface area contributed by atoms with Crippen molar-refractivity contribution < 1.29 is 8.42 Å². The van der Waals surface area contributed by atoms with Crippen LogP contribution >= 0.6 is 0 Å². The maximum Gasteiger partial charge on any atom is 0.299 e. The first-order chi connectivity index (χ1) is 8.38. The molecule has 0 amide bonds. The van der Waals surface area contributed by atoms with Crippen molar-refractivity contribution in [1.82, 2.24) is 14.7 Å². The van der Waals surface area contributed by atoms with Crippen LogP contribution in [-0.4, -0.2) is 49.3 Å². The normalized spacial score (nSPS) is 22.1. The molecule has 1 fully saturated rings. The van der Waals surface area contributed by atoms with Crippen LogP contribution in [0, 0.1) is 0 Å². The number of rotatable bonds is 3. The summed E-state index contributed by atoms with van der Waals surface area (Å²) in [5.74, 6) is 0. The molecule has 1 aromatic rings. The van der Waals surface area contributed by atoms with Crippen LogP contribution in [0.2, 0.25) is 0 Å². The van der Waals surface area contributed by atoms with E-state index in [1.54, 1.807) is 17.9 Å². The molecular weight excluding hydrogens is 254 g/mol. The Kier molecular flexibility index (Phi) is 3.60. The van der Waals surface area contributed by atoms with Gasteiger partial charge in [-0.15, -0.1) is 0 Å². The van der Waals surface area contributed by atoms with Gasteiger partial charge < -0.3 is 4.90 Å². The molecule has 1 saturated heterocycles. The Morgan fingerprint density at radius 1 is 1.50 bits per heavy atom. The summed E-state index contributed by atoms with van der Waals surface area (Å²) >= 11 is 0. The SMILES string of the molecule is CN1CCCC(N(c2cnn(C)c2)S(N)(=O)=O)C1. The van der Waals surface area contributed by atoms with E-state index in [1.165, 1.54) is 10.5 Å². The third-order valence-electron chi connectivity index (χ3n) is 3.15. The lowest BCUT2D eigenvalue weighted by molar-refractivity contribution is 0.253. The smallest absolute Gasteiger partial charge is 0.299 e. The summed E-state index contributed by atoms with van der Waals surface area (Å²) in [7, 11) is -0.0437. The number of hydrogen-bond acceptors (Lipinski definition) is 4. The van der Waals surface area contributed by atoms with Crippen LogP contribution < -0.4 is 9.44 Å². The fourth-order valence-corrected chi connectivity index (χ4v) is 3.39. The zero-order valence-corrected chi connectivity index (χ0v) is 11.5. The van der Waals surface area contributed by atoms with Crippen LogP contribution in [0.5, 0.6) is 0 Å². The molecule has 1 aromatic heterocycles. The summed E-state index contributed by atoms with van der Waals surface area (Å²) < 4.78 is 26.4. The zero-order valence-electron chi connectivity index (χ0n) is 10.7. The van der Waals surface area contributed by atoms with Gasteiger partial charge >= 0.3 is 0 Å². The summed E-state index contributed by atoms with van der Waals surface area (Å²) in [5, 5.41) is 9.35. The Hall–Kier alpha value is -1.12. The monoisotopic (exact) mass is 273 g/mol. The van der Waals surface area contributed by atoms with Crippen molar-refractivity contribution in [3.05, 3.63) is 12.4 Å². The van der Waals surface area contributed by atoms with Crippen LogP contribution in [0.4, 0.5) is 5.69 Å². The number of aromatic nitrogens is 2. The predicted molar refractivity (Wildman–Crippen MR) is 69.3 cm³/mol. The Balaban J connectivity index is 2.31. The molecule has 0 aromatic carbocycles. The third-order valence-corrected chi connectivity index (χ3v) is 4.21. The van der Waals surface area contributed by atoms with E-state index < -0.39 is 10.2 Å². The van der Waals surface area contributed by atoms with Gasteiger partial charge in [-0.2, -0.15) is 13.5 Å². The molecule has 0 bridgehead atoms. The van der Waals surface area contributed by atoms with E-state index in [4.69, 9.17) is 5.14 Å². The Labute approximate surface area is 107 Å². The second-order valence-electron chi connectivity index (χ2n) is 4.77. The molecule has 1 aliphatic rings. The van der Waals surface area contributed by atoms with Gasteiger partial charge in [0.2, 0.25) is 0 Å². The van der Waals surface area contributed by atoms with Gasteiger partial charge in [-0.25, -0.2) is 5.14 Å². The maximum absolute atomic E-state index is 11.8. The molecule has 0 spiro atoms. The van der Waals surface area contributed by atoms with Gasteiger partial charge in [-0.05, 0) is 26.4 Å². The van der Waals surface area contributed by atoms with Crippen molar-refractivity contribution in [3.8, 4) is 0 Å². The number of piperidine rings is 1. The van der Waals surface area contributed by atoms with E-state index in [-0.39, 0.29) is 6.04 Å². The number of nitrogens with zero attached hydrogens (tertiary/aromatic N) is 4. The lowest BCUT2D eigenvalue weighted by atomic mass is 10.1. The number of aryl methyl sites for hydroxylation is 1. The lowest BCUT2D eigenvalue weighted by Crippen LogP contribution is -2.51. The highest BCUT2D eigenvalue weighted by molar-refractivity contribution is 7.90. The molecule has 1 aliphatic heterocycles. The minimum absolute atomic E-state index is 0.122. The predicted octanol–water partition coefficient (Wildman–Crippen LogP) is -0.476. The average Bonchev–Trinajstić information content (AvgIpc) is 2.62. The van der Waals surface area contributed by atoms with Crippen molar-refractivity contribution in [2.75, 3.05) is 24.4 Å². The minimum atomic E-state index is -3.77. The van der Waals surface area contributed by atoms with Crippen LogP contribution in [0.3, 0.4) is 0 Å². The van der Waals surface area contributed by atoms with Crippen LogP contribution in [0.1, 0.15) is 12.8 Å². The molecule has 1 atom stereocenters. The second kappa shape index (κ2) is 4.87. The molecule has 2 rings (SSSR count). The third kappa shape index (κ3) is 2.82. The first-order valence-electron chi connectivity index (χ1n) is 5.87. The summed E-state index contributed by atoms with van der Waals surface area (Å²) in [4.78, 5) is 2.11. The molecule has 18 heavy (non-hydrogen) atoms. The number of anilines is 1. The summed E-state index contributed by atoms with van der Waals surface area (Å²) in [6, 6.07) is -0.122. The first kappa shape index (κ1) is 13.3. The van der Waals surface area contributed by atoms with E-state index in [9.17, 15) is 8.42 Å². The van der Waals surface area contributed by atoms with Gasteiger partial charge in [0.1, 0.15) is 0 Å². The van der Waals surface area contributed by atoms with Gasteiger partial charge in [-0.1, -0.05) is 0 Å². The van der Waals surface area contributed by atoms with Crippen molar-refractivity contribution in [3.63, 3.8) is 0 Å². The first-order valence-corrected chi connectivity index (χ1v) is 7.37. The number of hydrogen-bond donors (Lipinski definition) is 1. The zero-order chi connectivity index (χ0) is 13.3. The van der Waals surface area contributed by atoms with Crippen molar-refractivity contribution in [2.24, 2.45) is 12.2 Å². The fraction of sp³-hybridized carbons (Fsp3) is 0.700. The van der Waals surface area contributed by atoms with Crippen LogP contribution in [0.15, 0.2) is 12.4 Å². The van der Waals surface area contributed by atoms with Gasteiger partial charge in [0, 0.05) is 19.8 Å². The molecule has 2 heterocycles. The summed E-state index contributed by atoms with van der Waals surface area (Å²) in [6.07, 6.45) is 4.97. The molecule has 7 nitrogen and oxygen atoms in total. The Morgan fingerprint density at radius 2 is 2.22 bits per heavy atom. The Bertz CT molecular complexity index is 512. The highest BCUT2D eigenvalue weighted by atomic mass is 32.2. The fourth-order valence-electron chi connectivity index (χ4n) is 2.42. The highest BCUT2D eigenvalue weighted by Gasteiger charge is 2.31. The number of nitrogens with two attached hydrogens (primary N) is 1. The van der Waals surface area contributed by atoms with Gasteiger partial charge in [0.25, 0.3) is 10.2 Å². The molecule has 0 radical (unpaired) electrons. The van der Waals surface area contributed by atoms with E-state index >= 15 is 0 Å². The Morgan fingerprint density at radius 3 is 2.72 bits per heavy atom. The van der Waals surface area contributed by atoms with E-state index in [1.807, 2.05) is 7.05 Å². The van der Waals surface area contributed by atoms with Gasteiger partial charge in [0.05, 0.1) is 17.9 Å². The molecule has 2 N–H and O–H groups in total. The van der Waals surface area contributed by atoms with Crippen molar-refractivity contribution >= 4 is 15.9 Å². The standard InChI is InChI=1S/C10H19N5O2S/c1-13-5-3-4-9(7-13)15(18(11,16)17)10-6-12-14(2)8-10/h6,8-9H,3-5,7H2,1-2H3,(H2,11,16,17). The molecule has 102 valence electrons. The molecule has 0 saturated carbocycles. The van der Waals surface area contributed by atoms with Crippen LogP contribution in [0.25, 0.3) is 0 Å². The highest BCUT2D eigenvalue weighted by Crippen LogP contribution is 2.23. The van der Waals surface area contributed by atoms with Gasteiger partial charge in [-0.3, -0.25) is 8.99 Å². The average molecular weight is 273 g/mol. The molecule has 8 heteroatoms. The quantitative estimate of drug-likeness (QED) is 0.806. The molecule has 1 unspecified atom stereocenters. The second-order valence-corrected chi connectivity index (χ2v) is 6.19.